The summed E-state index contributed by atoms with van der Waals surface area (Å²) >= 11 is 5.78. The summed E-state index contributed by atoms with van der Waals surface area (Å²) in [6.07, 6.45) is -0.908. The summed E-state index contributed by atoms with van der Waals surface area (Å²) in [4.78, 5) is 21.8. The van der Waals surface area contributed by atoms with E-state index in [1.165, 1.54) is 18.2 Å². The summed E-state index contributed by atoms with van der Waals surface area (Å²) in [6.45, 7) is 0.0747. The second-order valence-corrected chi connectivity index (χ2v) is 3.49. The SMILES string of the molecule is NC(=O)OCCNC(=O)c1cc(O)ccc1Cl. The standard InChI is InChI=1S/C10H11ClN2O4/c11-8-2-1-6(14)5-7(8)9(15)13-3-4-17-10(12)16/h1-2,5,14H,3-4H2,(H2,12,16)(H,13,15). The van der Waals surface area contributed by atoms with Crippen LogP contribution in [-0.2, 0) is 4.74 Å². The van der Waals surface area contributed by atoms with E-state index < -0.39 is 12.0 Å². The minimum Gasteiger partial charge on any atom is -0.508 e. The van der Waals surface area contributed by atoms with Gasteiger partial charge in [0.25, 0.3) is 5.91 Å². The van der Waals surface area contributed by atoms with Crippen LogP contribution in [0.5, 0.6) is 5.75 Å². The van der Waals surface area contributed by atoms with E-state index in [0.29, 0.717) is 0 Å². The molecule has 0 fully saturated rings. The Morgan fingerprint density at radius 1 is 1.47 bits per heavy atom. The number of nitrogens with two attached hydrogens (primary N) is 1. The molecule has 92 valence electrons. The van der Waals surface area contributed by atoms with E-state index >= 15 is 0 Å². The highest BCUT2D eigenvalue weighted by Gasteiger charge is 2.10. The Kier molecular flexibility index (Phi) is 4.59. The van der Waals surface area contributed by atoms with Crippen molar-refractivity contribution < 1.29 is 19.4 Å². The lowest BCUT2D eigenvalue weighted by molar-refractivity contribution is 0.0936. The molecular formula is C10H11ClN2O4. The van der Waals surface area contributed by atoms with Crippen molar-refractivity contribution in [1.82, 2.24) is 5.32 Å². The Balaban J connectivity index is 2.52. The molecule has 6 nitrogen and oxygen atoms in total. The highest BCUT2D eigenvalue weighted by atomic mass is 35.5. The van der Waals surface area contributed by atoms with E-state index in [-0.39, 0.29) is 29.5 Å². The van der Waals surface area contributed by atoms with Gasteiger partial charge in [-0.1, -0.05) is 11.6 Å². The number of hydrogen-bond acceptors (Lipinski definition) is 4. The predicted octanol–water partition coefficient (Wildman–Crippen LogP) is 0.871. The highest BCUT2D eigenvalue weighted by Crippen LogP contribution is 2.20. The lowest BCUT2D eigenvalue weighted by atomic mass is 10.2. The summed E-state index contributed by atoms with van der Waals surface area (Å²) in [6, 6.07) is 4.02. The molecule has 0 spiro atoms. The molecule has 0 bridgehead atoms. The quantitative estimate of drug-likeness (QED) is 0.698. The van der Waals surface area contributed by atoms with Crippen LogP contribution in [0.4, 0.5) is 4.79 Å². The number of hydrogen-bond donors (Lipinski definition) is 3. The topological polar surface area (TPSA) is 102 Å². The van der Waals surface area contributed by atoms with Crippen LogP contribution in [-0.4, -0.2) is 30.3 Å². The maximum absolute atomic E-state index is 11.6. The van der Waals surface area contributed by atoms with Gasteiger partial charge in [0.1, 0.15) is 12.4 Å². The van der Waals surface area contributed by atoms with Gasteiger partial charge in [-0.2, -0.15) is 0 Å². The van der Waals surface area contributed by atoms with E-state index in [4.69, 9.17) is 17.3 Å². The molecule has 0 aliphatic rings. The second kappa shape index (κ2) is 5.95. The molecule has 2 amide bonds. The summed E-state index contributed by atoms with van der Waals surface area (Å²) in [5.74, 6) is -0.535. The summed E-state index contributed by atoms with van der Waals surface area (Å²) < 4.78 is 4.42. The highest BCUT2D eigenvalue weighted by molar-refractivity contribution is 6.33. The maximum Gasteiger partial charge on any atom is 0.404 e. The number of rotatable bonds is 4. The Morgan fingerprint density at radius 2 is 2.18 bits per heavy atom. The Labute approximate surface area is 102 Å². The van der Waals surface area contributed by atoms with Crippen LogP contribution in [0.15, 0.2) is 18.2 Å². The average molecular weight is 259 g/mol. The zero-order valence-corrected chi connectivity index (χ0v) is 9.53. The molecule has 0 saturated carbocycles. The van der Waals surface area contributed by atoms with E-state index in [2.05, 4.69) is 10.1 Å². The number of benzene rings is 1. The Bertz CT molecular complexity index is 436. The summed E-state index contributed by atoms with van der Waals surface area (Å²) in [5, 5.41) is 11.9. The Hall–Kier alpha value is -1.95. The molecule has 1 aromatic rings. The van der Waals surface area contributed by atoms with Gasteiger partial charge in [0.15, 0.2) is 0 Å². The molecule has 0 aliphatic carbocycles. The average Bonchev–Trinajstić information content (AvgIpc) is 2.27. The molecule has 0 aliphatic heterocycles. The fourth-order valence-corrected chi connectivity index (χ4v) is 1.30. The number of amides is 2. The summed E-state index contributed by atoms with van der Waals surface area (Å²) in [5.41, 5.74) is 4.88. The molecule has 0 unspecified atom stereocenters. The van der Waals surface area contributed by atoms with Crippen LogP contribution in [0.2, 0.25) is 5.02 Å². The first-order valence-electron chi connectivity index (χ1n) is 4.69. The van der Waals surface area contributed by atoms with Gasteiger partial charge in [-0.05, 0) is 18.2 Å². The smallest absolute Gasteiger partial charge is 0.404 e. The van der Waals surface area contributed by atoms with Gasteiger partial charge in [-0.25, -0.2) is 4.79 Å². The van der Waals surface area contributed by atoms with Crippen molar-refractivity contribution in [2.45, 2.75) is 0 Å². The molecule has 0 atom stereocenters. The third-order valence-electron chi connectivity index (χ3n) is 1.83. The van der Waals surface area contributed by atoms with Crippen LogP contribution in [0.3, 0.4) is 0 Å². The van der Waals surface area contributed by atoms with Crippen molar-refractivity contribution in [2.75, 3.05) is 13.2 Å². The fourth-order valence-electron chi connectivity index (χ4n) is 1.10. The van der Waals surface area contributed by atoms with Gasteiger partial charge in [0.05, 0.1) is 17.1 Å². The van der Waals surface area contributed by atoms with Crippen LogP contribution >= 0.6 is 11.6 Å². The van der Waals surface area contributed by atoms with Crippen molar-refractivity contribution in [3.63, 3.8) is 0 Å². The zero-order chi connectivity index (χ0) is 12.8. The van der Waals surface area contributed by atoms with Crippen LogP contribution < -0.4 is 11.1 Å². The first-order valence-corrected chi connectivity index (χ1v) is 5.07. The predicted molar refractivity (Wildman–Crippen MR) is 61.0 cm³/mol. The number of carbonyl (C=O) groups excluding carboxylic acids is 2. The van der Waals surface area contributed by atoms with Gasteiger partial charge < -0.3 is 20.9 Å². The molecule has 0 heterocycles. The number of phenolic OH excluding ortho intramolecular Hbond substituents is 1. The van der Waals surface area contributed by atoms with Gasteiger partial charge >= 0.3 is 6.09 Å². The van der Waals surface area contributed by atoms with Crippen molar-refractivity contribution in [3.05, 3.63) is 28.8 Å². The van der Waals surface area contributed by atoms with E-state index in [9.17, 15) is 14.7 Å². The monoisotopic (exact) mass is 258 g/mol. The summed E-state index contributed by atoms with van der Waals surface area (Å²) in [7, 11) is 0. The normalized spacial score (nSPS) is 9.71. The van der Waals surface area contributed by atoms with Crippen molar-refractivity contribution in [3.8, 4) is 5.75 Å². The second-order valence-electron chi connectivity index (χ2n) is 3.09. The first kappa shape index (κ1) is 13.1. The van der Waals surface area contributed by atoms with E-state index in [0.717, 1.165) is 0 Å². The molecule has 7 heteroatoms. The third-order valence-corrected chi connectivity index (χ3v) is 2.16. The first-order chi connectivity index (χ1) is 8.00. The number of phenols is 1. The number of aromatic hydroxyl groups is 1. The molecule has 1 aromatic carbocycles. The zero-order valence-electron chi connectivity index (χ0n) is 8.77. The number of primary amides is 1. The minimum atomic E-state index is -0.908. The lowest BCUT2D eigenvalue weighted by Gasteiger charge is -2.07. The van der Waals surface area contributed by atoms with Crippen LogP contribution in [0, 0.1) is 0 Å². The van der Waals surface area contributed by atoms with Crippen molar-refractivity contribution in [2.24, 2.45) is 5.73 Å². The lowest BCUT2D eigenvalue weighted by Crippen LogP contribution is -2.29. The van der Waals surface area contributed by atoms with Crippen LogP contribution in [0.1, 0.15) is 10.4 Å². The van der Waals surface area contributed by atoms with Gasteiger partial charge in [-0.3, -0.25) is 4.79 Å². The van der Waals surface area contributed by atoms with Crippen molar-refractivity contribution >= 4 is 23.6 Å². The number of carbonyl (C=O) groups is 2. The number of ether oxygens (including phenoxy) is 1. The fraction of sp³-hybridized carbons (Fsp3) is 0.200. The van der Waals surface area contributed by atoms with E-state index in [1.54, 1.807) is 0 Å². The van der Waals surface area contributed by atoms with E-state index in [1.807, 2.05) is 0 Å². The number of halogens is 1. The van der Waals surface area contributed by atoms with Crippen LogP contribution in [0.25, 0.3) is 0 Å². The molecular weight excluding hydrogens is 248 g/mol. The molecule has 0 aromatic heterocycles. The Morgan fingerprint density at radius 3 is 2.82 bits per heavy atom. The maximum atomic E-state index is 11.6. The van der Waals surface area contributed by atoms with Crippen molar-refractivity contribution in [1.29, 1.82) is 0 Å². The molecule has 4 N–H and O–H groups in total. The molecule has 17 heavy (non-hydrogen) atoms. The van der Waals surface area contributed by atoms with Gasteiger partial charge in [0, 0.05) is 0 Å². The molecule has 1 rings (SSSR count). The van der Waals surface area contributed by atoms with Gasteiger partial charge in [-0.15, -0.1) is 0 Å². The third kappa shape index (κ3) is 4.20. The molecule has 0 radical (unpaired) electrons. The number of nitrogens with one attached hydrogen (secondary N) is 1. The largest absolute Gasteiger partial charge is 0.508 e. The minimum absolute atomic E-state index is 0.0302. The molecule has 0 saturated heterocycles. The van der Waals surface area contributed by atoms with Gasteiger partial charge in [0.2, 0.25) is 0 Å².